The highest BCUT2D eigenvalue weighted by Crippen LogP contribution is 2.38. The van der Waals surface area contributed by atoms with E-state index in [1.807, 2.05) is 0 Å². The maximum atomic E-state index is 14.0. The standard InChI is InChI=1S/C32H34N2O6S/c1-33(2)41(38,39)26-12-15-28(30(36)21-26)29-13-8-23-20-24(35)9-14-27(23)31(29)32(37)22-6-10-25(11-7-22)40-19-18-34-16-4-3-5-17-34/h6-15,20-21,35-36H,3-5,16-19H2,1-2H3. The van der Waals surface area contributed by atoms with E-state index in [4.69, 9.17) is 4.74 Å². The first-order valence-corrected chi connectivity index (χ1v) is 15.1. The molecule has 1 saturated heterocycles. The molecule has 0 amide bonds. The number of benzene rings is 4. The molecule has 0 aromatic heterocycles. The first kappa shape index (κ1) is 28.6. The molecule has 41 heavy (non-hydrogen) atoms. The summed E-state index contributed by atoms with van der Waals surface area (Å²) in [6.07, 6.45) is 3.74. The number of phenolic OH excluding ortho intramolecular Hbond substituents is 2. The van der Waals surface area contributed by atoms with Crippen LogP contribution in [0, 0.1) is 0 Å². The number of sulfonamides is 1. The number of hydrogen-bond acceptors (Lipinski definition) is 7. The Hall–Kier alpha value is -3.92. The van der Waals surface area contributed by atoms with E-state index in [1.165, 1.54) is 57.6 Å². The molecule has 1 fully saturated rings. The summed E-state index contributed by atoms with van der Waals surface area (Å²) in [5, 5.41) is 22.2. The van der Waals surface area contributed by atoms with Crippen molar-refractivity contribution in [1.29, 1.82) is 0 Å². The predicted octanol–water partition coefficient (Wildman–Crippen LogP) is 5.26. The van der Waals surface area contributed by atoms with E-state index in [9.17, 15) is 23.4 Å². The molecular weight excluding hydrogens is 540 g/mol. The van der Waals surface area contributed by atoms with Crippen molar-refractivity contribution in [1.82, 2.24) is 9.21 Å². The number of piperidine rings is 1. The largest absolute Gasteiger partial charge is 0.508 e. The second-order valence-electron chi connectivity index (χ2n) is 10.5. The lowest BCUT2D eigenvalue weighted by Crippen LogP contribution is -2.33. The number of fused-ring (bicyclic) bond motifs is 1. The number of carbonyl (C=O) groups excluding carboxylic acids is 1. The number of aromatic hydroxyl groups is 2. The van der Waals surface area contributed by atoms with Gasteiger partial charge in [-0.3, -0.25) is 9.69 Å². The molecule has 214 valence electrons. The summed E-state index contributed by atoms with van der Waals surface area (Å²) < 4.78 is 32.2. The molecule has 2 N–H and O–H groups in total. The molecule has 0 radical (unpaired) electrons. The number of rotatable bonds is 9. The lowest BCUT2D eigenvalue weighted by Gasteiger charge is -2.26. The number of nitrogens with zero attached hydrogens (tertiary/aromatic N) is 2. The van der Waals surface area contributed by atoms with Crippen LogP contribution in [0.25, 0.3) is 21.9 Å². The number of phenols is 2. The van der Waals surface area contributed by atoms with Gasteiger partial charge in [-0.25, -0.2) is 12.7 Å². The zero-order valence-corrected chi connectivity index (χ0v) is 24.0. The van der Waals surface area contributed by atoms with E-state index in [1.54, 1.807) is 48.5 Å². The number of hydrogen-bond donors (Lipinski definition) is 2. The van der Waals surface area contributed by atoms with Gasteiger partial charge in [0.15, 0.2) is 5.78 Å². The van der Waals surface area contributed by atoms with Crippen LogP contribution in [0.2, 0.25) is 0 Å². The zero-order chi connectivity index (χ0) is 29.1. The van der Waals surface area contributed by atoms with Crippen LogP contribution >= 0.6 is 0 Å². The Labute approximate surface area is 240 Å². The SMILES string of the molecule is CN(C)S(=O)(=O)c1ccc(-c2ccc3cc(O)ccc3c2C(=O)c2ccc(OCCN3CCCCC3)cc2)c(O)c1. The molecule has 9 heteroatoms. The molecule has 0 bridgehead atoms. The Morgan fingerprint density at radius 3 is 2.27 bits per heavy atom. The average Bonchev–Trinajstić information content (AvgIpc) is 2.97. The third kappa shape index (κ3) is 6.07. The zero-order valence-electron chi connectivity index (χ0n) is 23.2. The maximum Gasteiger partial charge on any atom is 0.242 e. The van der Waals surface area contributed by atoms with Gasteiger partial charge in [-0.1, -0.05) is 18.6 Å². The quantitative estimate of drug-likeness (QED) is 0.263. The van der Waals surface area contributed by atoms with Crippen LogP contribution < -0.4 is 4.74 Å². The van der Waals surface area contributed by atoms with Gasteiger partial charge in [0.1, 0.15) is 23.9 Å². The summed E-state index contributed by atoms with van der Waals surface area (Å²) in [7, 11) is -0.926. The van der Waals surface area contributed by atoms with E-state index in [0.717, 1.165) is 23.9 Å². The molecule has 4 aromatic rings. The number of likely N-dealkylation sites (tertiary alicyclic amines) is 1. The summed E-state index contributed by atoms with van der Waals surface area (Å²) in [6, 6.07) is 19.3. The third-order valence-corrected chi connectivity index (χ3v) is 9.32. The molecule has 8 nitrogen and oxygen atoms in total. The molecule has 4 aromatic carbocycles. The minimum absolute atomic E-state index is 0.0572. The van der Waals surface area contributed by atoms with Gasteiger partial charge in [-0.05, 0) is 96.9 Å². The van der Waals surface area contributed by atoms with E-state index in [-0.39, 0.29) is 22.2 Å². The normalized spacial score (nSPS) is 14.4. The van der Waals surface area contributed by atoms with E-state index < -0.39 is 10.0 Å². The second-order valence-corrected chi connectivity index (χ2v) is 12.6. The molecule has 0 spiro atoms. The summed E-state index contributed by atoms with van der Waals surface area (Å²) in [5.41, 5.74) is 1.53. The van der Waals surface area contributed by atoms with E-state index >= 15 is 0 Å². The van der Waals surface area contributed by atoms with Crippen molar-refractivity contribution in [2.45, 2.75) is 24.2 Å². The maximum absolute atomic E-state index is 14.0. The Balaban J connectivity index is 1.48. The molecule has 1 aliphatic heterocycles. The van der Waals surface area contributed by atoms with Gasteiger partial charge in [0.25, 0.3) is 0 Å². The fraction of sp³-hybridized carbons (Fsp3) is 0.281. The predicted molar refractivity (Wildman–Crippen MR) is 159 cm³/mol. The van der Waals surface area contributed by atoms with Crippen LogP contribution in [-0.4, -0.2) is 74.0 Å². The van der Waals surface area contributed by atoms with Crippen LogP contribution in [-0.2, 0) is 10.0 Å². The summed E-state index contributed by atoms with van der Waals surface area (Å²) in [4.78, 5) is 16.3. The highest BCUT2D eigenvalue weighted by atomic mass is 32.2. The summed E-state index contributed by atoms with van der Waals surface area (Å²) in [6.45, 7) is 3.64. The van der Waals surface area contributed by atoms with Crippen molar-refractivity contribution in [2.24, 2.45) is 0 Å². The number of ether oxygens (including phenoxy) is 1. The van der Waals surface area contributed by atoms with Gasteiger partial charge < -0.3 is 14.9 Å². The van der Waals surface area contributed by atoms with Crippen molar-refractivity contribution in [3.63, 3.8) is 0 Å². The minimum atomic E-state index is -3.76. The molecule has 0 saturated carbocycles. The first-order valence-electron chi connectivity index (χ1n) is 13.7. The van der Waals surface area contributed by atoms with Gasteiger partial charge in [0.05, 0.1) is 4.90 Å². The molecule has 0 unspecified atom stereocenters. The van der Waals surface area contributed by atoms with E-state index in [2.05, 4.69) is 4.90 Å². The van der Waals surface area contributed by atoms with Crippen LogP contribution in [0.15, 0.2) is 77.7 Å². The first-order chi connectivity index (χ1) is 19.6. The van der Waals surface area contributed by atoms with E-state index in [0.29, 0.717) is 45.4 Å². The molecule has 5 rings (SSSR count). The van der Waals surface area contributed by atoms with Gasteiger partial charge in [-0.15, -0.1) is 0 Å². The van der Waals surface area contributed by atoms with Crippen LogP contribution in [0.3, 0.4) is 0 Å². The van der Waals surface area contributed by atoms with Gasteiger partial charge in [0, 0.05) is 43.4 Å². The molecular formula is C32H34N2O6S. The topological polar surface area (TPSA) is 107 Å². The molecule has 1 heterocycles. The smallest absolute Gasteiger partial charge is 0.242 e. The van der Waals surface area contributed by atoms with Crippen molar-refractivity contribution in [2.75, 3.05) is 40.3 Å². The Bertz CT molecular complexity index is 1680. The minimum Gasteiger partial charge on any atom is -0.508 e. The summed E-state index contributed by atoms with van der Waals surface area (Å²) >= 11 is 0. The lowest BCUT2D eigenvalue weighted by atomic mass is 9.89. The van der Waals surface area contributed by atoms with Crippen molar-refractivity contribution in [3.8, 4) is 28.4 Å². The fourth-order valence-corrected chi connectivity index (χ4v) is 6.14. The Kier molecular flexibility index (Phi) is 8.30. The molecule has 0 aliphatic carbocycles. The molecule has 0 atom stereocenters. The van der Waals surface area contributed by atoms with Crippen LogP contribution in [0.5, 0.6) is 17.2 Å². The number of carbonyl (C=O) groups is 1. The lowest BCUT2D eigenvalue weighted by molar-refractivity contribution is 0.104. The number of ketones is 1. The van der Waals surface area contributed by atoms with Crippen molar-refractivity contribution >= 4 is 26.6 Å². The van der Waals surface area contributed by atoms with Crippen LogP contribution in [0.1, 0.15) is 35.2 Å². The average molecular weight is 575 g/mol. The van der Waals surface area contributed by atoms with Gasteiger partial charge in [-0.2, -0.15) is 0 Å². The second kappa shape index (κ2) is 11.9. The van der Waals surface area contributed by atoms with Crippen LogP contribution in [0.4, 0.5) is 0 Å². The Morgan fingerprint density at radius 1 is 0.878 bits per heavy atom. The van der Waals surface area contributed by atoms with Crippen molar-refractivity contribution in [3.05, 3.63) is 83.9 Å². The van der Waals surface area contributed by atoms with Crippen molar-refractivity contribution < 1.29 is 28.2 Å². The fourth-order valence-electron chi connectivity index (χ4n) is 5.22. The highest BCUT2D eigenvalue weighted by molar-refractivity contribution is 7.89. The molecule has 1 aliphatic rings. The monoisotopic (exact) mass is 574 g/mol. The third-order valence-electron chi connectivity index (χ3n) is 7.51. The van der Waals surface area contributed by atoms with Gasteiger partial charge in [0.2, 0.25) is 10.0 Å². The van der Waals surface area contributed by atoms with Gasteiger partial charge >= 0.3 is 0 Å². The Morgan fingerprint density at radius 2 is 1.59 bits per heavy atom. The summed E-state index contributed by atoms with van der Waals surface area (Å²) in [5.74, 6) is 0.200. The highest BCUT2D eigenvalue weighted by Gasteiger charge is 2.23.